The average molecular weight is 311 g/mol. The zero-order chi connectivity index (χ0) is 13.8. The summed E-state index contributed by atoms with van der Waals surface area (Å²) in [6.07, 6.45) is 0.239. The summed E-state index contributed by atoms with van der Waals surface area (Å²) in [6.45, 7) is 3.18. The van der Waals surface area contributed by atoms with Crippen LogP contribution in [0.15, 0.2) is 42.7 Å². The second kappa shape index (κ2) is 6.41. The highest BCUT2D eigenvalue weighted by atomic mass is 35.6. The Morgan fingerprint density at radius 2 is 1.89 bits per heavy atom. The number of hydrogen-bond acceptors (Lipinski definition) is 1. The predicted molar refractivity (Wildman–Crippen MR) is 72.6 cm³/mol. The molecule has 1 amide bonds. The van der Waals surface area contributed by atoms with Gasteiger partial charge in [0.05, 0.1) is 6.04 Å². The first-order chi connectivity index (χ1) is 8.30. The monoisotopic (exact) mass is 309 g/mol. The van der Waals surface area contributed by atoms with Gasteiger partial charge in [0.1, 0.15) is 5.83 Å². The fraction of sp³-hybridized carbons (Fsp3) is 0.250. The smallest absolute Gasteiger partial charge is 0.272 e. The van der Waals surface area contributed by atoms with E-state index in [1.54, 1.807) is 12.1 Å². The van der Waals surface area contributed by atoms with E-state index >= 15 is 0 Å². The van der Waals surface area contributed by atoms with E-state index in [-0.39, 0.29) is 6.42 Å². The van der Waals surface area contributed by atoms with Crippen LogP contribution in [0.2, 0.25) is 0 Å². The van der Waals surface area contributed by atoms with Crippen LogP contribution in [0.25, 0.3) is 0 Å². The van der Waals surface area contributed by atoms with Crippen LogP contribution in [0.3, 0.4) is 0 Å². The Kier molecular flexibility index (Phi) is 5.45. The fourth-order valence-electron chi connectivity index (χ4n) is 1.33. The molecule has 1 unspecified atom stereocenters. The number of hydrogen-bond donors (Lipinski definition) is 1. The van der Waals surface area contributed by atoms with Gasteiger partial charge in [-0.05, 0) is 12.0 Å². The molecule has 98 valence electrons. The molecular weight excluding hydrogens is 299 g/mol. The maximum Gasteiger partial charge on any atom is 0.272 e. The van der Waals surface area contributed by atoms with E-state index in [1.807, 2.05) is 18.2 Å². The molecule has 0 heterocycles. The van der Waals surface area contributed by atoms with Crippen molar-refractivity contribution in [2.75, 3.05) is 0 Å². The molecule has 0 aliphatic rings. The van der Waals surface area contributed by atoms with Gasteiger partial charge < -0.3 is 5.32 Å². The Hall–Kier alpha value is -0.770. The Bertz CT molecular complexity index is 431. The van der Waals surface area contributed by atoms with Gasteiger partial charge in [-0.1, -0.05) is 71.7 Å². The Morgan fingerprint density at radius 3 is 2.33 bits per heavy atom. The highest BCUT2D eigenvalue weighted by Gasteiger charge is 2.32. The molecule has 1 aromatic rings. The van der Waals surface area contributed by atoms with Crippen molar-refractivity contribution in [1.29, 1.82) is 0 Å². The van der Waals surface area contributed by atoms with Gasteiger partial charge in [-0.25, -0.2) is 4.39 Å². The lowest BCUT2D eigenvalue weighted by atomic mass is 10.1. The minimum absolute atomic E-state index is 0.239. The first-order valence-corrected chi connectivity index (χ1v) is 6.20. The van der Waals surface area contributed by atoms with E-state index < -0.39 is 21.6 Å². The van der Waals surface area contributed by atoms with Crippen LogP contribution < -0.4 is 5.32 Å². The van der Waals surface area contributed by atoms with Crippen LogP contribution in [0.5, 0.6) is 0 Å². The summed E-state index contributed by atoms with van der Waals surface area (Å²) in [5.41, 5.74) is 0.839. The number of benzene rings is 1. The van der Waals surface area contributed by atoms with Gasteiger partial charge >= 0.3 is 0 Å². The standard InChI is InChI=1S/C12H11Cl3FNO/c1-8(16)10(17-11(18)12(13,14)15)7-9-5-3-2-4-6-9/h2-6,10H,1,7H2,(H,17,18). The van der Waals surface area contributed by atoms with E-state index in [0.717, 1.165) is 5.56 Å². The van der Waals surface area contributed by atoms with Crippen LogP contribution in [0, 0.1) is 0 Å². The number of nitrogens with one attached hydrogen (secondary N) is 1. The molecule has 0 bridgehead atoms. The zero-order valence-electron chi connectivity index (χ0n) is 9.30. The van der Waals surface area contributed by atoms with Crippen LogP contribution >= 0.6 is 34.8 Å². The fourth-order valence-corrected chi connectivity index (χ4v) is 1.49. The summed E-state index contributed by atoms with van der Waals surface area (Å²) in [4.78, 5) is 11.5. The summed E-state index contributed by atoms with van der Waals surface area (Å²) < 4.78 is 11.1. The molecular formula is C12H11Cl3FNO. The number of alkyl halides is 3. The molecule has 1 atom stereocenters. The van der Waals surface area contributed by atoms with Crippen LogP contribution in [-0.2, 0) is 11.2 Å². The normalized spacial score (nSPS) is 12.9. The molecule has 0 spiro atoms. The molecule has 0 saturated carbocycles. The third kappa shape index (κ3) is 4.84. The third-order valence-electron chi connectivity index (χ3n) is 2.22. The summed E-state index contributed by atoms with van der Waals surface area (Å²) in [6, 6.07) is 8.14. The van der Waals surface area contributed by atoms with Gasteiger partial charge in [0, 0.05) is 0 Å². The molecule has 2 nitrogen and oxygen atoms in total. The molecule has 6 heteroatoms. The molecule has 0 fully saturated rings. The Balaban J connectivity index is 2.73. The van der Waals surface area contributed by atoms with Crippen molar-refractivity contribution in [2.24, 2.45) is 0 Å². The van der Waals surface area contributed by atoms with E-state index in [0.29, 0.717) is 0 Å². The quantitative estimate of drug-likeness (QED) is 0.846. The molecule has 0 saturated heterocycles. The SMILES string of the molecule is C=C(F)C(Cc1ccccc1)NC(=O)C(Cl)(Cl)Cl. The van der Waals surface area contributed by atoms with Crippen molar-refractivity contribution in [3.8, 4) is 0 Å². The van der Waals surface area contributed by atoms with Crippen molar-refractivity contribution in [2.45, 2.75) is 16.3 Å². The van der Waals surface area contributed by atoms with Crippen molar-refractivity contribution >= 4 is 40.7 Å². The van der Waals surface area contributed by atoms with Gasteiger partial charge in [-0.15, -0.1) is 0 Å². The first-order valence-electron chi connectivity index (χ1n) is 5.06. The largest absolute Gasteiger partial charge is 0.343 e. The van der Waals surface area contributed by atoms with Gasteiger partial charge in [0.15, 0.2) is 0 Å². The topological polar surface area (TPSA) is 29.1 Å². The predicted octanol–water partition coefficient (Wildman–Crippen LogP) is 3.57. The lowest BCUT2D eigenvalue weighted by Crippen LogP contribution is -2.43. The maximum atomic E-state index is 13.3. The minimum atomic E-state index is -2.12. The van der Waals surface area contributed by atoms with Gasteiger partial charge in [-0.3, -0.25) is 4.79 Å². The van der Waals surface area contributed by atoms with Crippen LogP contribution in [-0.4, -0.2) is 15.7 Å². The molecule has 1 rings (SSSR count). The van der Waals surface area contributed by atoms with Gasteiger partial charge in [-0.2, -0.15) is 0 Å². The Labute approximate surface area is 120 Å². The van der Waals surface area contributed by atoms with Gasteiger partial charge in [0.2, 0.25) is 0 Å². The average Bonchev–Trinajstić information content (AvgIpc) is 2.28. The van der Waals surface area contributed by atoms with E-state index in [2.05, 4.69) is 11.9 Å². The number of carbonyl (C=O) groups is 1. The molecule has 0 radical (unpaired) electrons. The van der Waals surface area contributed by atoms with Crippen LogP contribution in [0.4, 0.5) is 4.39 Å². The number of carbonyl (C=O) groups excluding carboxylic acids is 1. The molecule has 1 aromatic carbocycles. The second-order valence-corrected chi connectivity index (χ2v) is 5.94. The van der Waals surface area contributed by atoms with Crippen molar-refractivity contribution < 1.29 is 9.18 Å². The molecule has 18 heavy (non-hydrogen) atoms. The number of halogens is 4. The molecule has 0 aromatic heterocycles. The summed E-state index contributed by atoms with van der Waals surface area (Å²) in [7, 11) is 0. The zero-order valence-corrected chi connectivity index (χ0v) is 11.6. The van der Waals surface area contributed by atoms with E-state index in [9.17, 15) is 9.18 Å². The van der Waals surface area contributed by atoms with Crippen molar-refractivity contribution in [3.63, 3.8) is 0 Å². The highest BCUT2D eigenvalue weighted by molar-refractivity contribution is 6.76. The number of rotatable bonds is 4. The van der Waals surface area contributed by atoms with Crippen molar-refractivity contribution in [1.82, 2.24) is 5.32 Å². The maximum absolute atomic E-state index is 13.3. The number of amides is 1. The highest BCUT2D eigenvalue weighted by Crippen LogP contribution is 2.26. The summed E-state index contributed by atoms with van der Waals surface area (Å²) in [5, 5.41) is 2.30. The van der Waals surface area contributed by atoms with E-state index in [1.165, 1.54) is 0 Å². The third-order valence-corrected chi connectivity index (χ3v) is 2.74. The first kappa shape index (κ1) is 15.3. The van der Waals surface area contributed by atoms with Crippen LogP contribution in [0.1, 0.15) is 5.56 Å². The lowest BCUT2D eigenvalue weighted by molar-refractivity contribution is -0.120. The lowest BCUT2D eigenvalue weighted by Gasteiger charge is -2.19. The molecule has 0 aliphatic carbocycles. The molecule has 1 N–H and O–H groups in total. The van der Waals surface area contributed by atoms with E-state index in [4.69, 9.17) is 34.8 Å². The Morgan fingerprint density at radius 1 is 1.33 bits per heavy atom. The summed E-state index contributed by atoms with van der Waals surface area (Å²) >= 11 is 16.2. The van der Waals surface area contributed by atoms with Crippen molar-refractivity contribution in [3.05, 3.63) is 48.3 Å². The molecule has 0 aliphatic heterocycles. The van der Waals surface area contributed by atoms with Gasteiger partial charge in [0.25, 0.3) is 9.70 Å². The summed E-state index contributed by atoms with van der Waals surface area (Å²) in [5.74, 6) is -1.58. The minimum Gasteiger partial charge on any atom is -0.343 e. The second-order valence-electron chi connectivity index (χ2n) is 3.66.